The summed E-state index contributed by atoms with van der Waals surface area (Å²) in [4.78, 5) is 0. The van der Waals surface area contributed by atoms with Gasteiger partial charge in [-0.2, -0.15) is 0 Å². The predicted octanol–water partition coefficient (Wildman–Crippen LogP) is 4.95. The molecule has 1 N–H and O–H groups in total. The fourth-order valence-electron chi connectivity index (χ4n) is 2.25. The van der Waals surface area contributed by atoms with E-state index in [0.29, 0.717) is 0 Å². The topological polar surface area (TPSA) is 30.5 Å². The molecular formula is C17H20BrNO2. The highest BCUT2D eigenvalue weighted by molar-refractivity contribution is 9.10. The van der Waals surface area contributed by atoms with Gasteiger partial charge in [-0.15, -0.1) is 0 Å². The van der Waals surface area contributed by atoms with Gasteiger partial charge in [0.1, 0.15) is 11.5 Å². The smallest absolute Gasteiger partial charge is 0.133 e. The molecule has 0 fully saturated rings. The molecule has 4 heteroatoms. The Morgan fingerprint density at radius 1 is 1.00 bits per heavy atom. The second-order valence-corrected chi connectivity index (χ2v) is 5.80. The van der Waals surface area contributed by atoms with E-state index in [0.717, 1.165) is 27.2 Å². The van der Waals surface area contributed by atoms with Crippen LogP contribution < -0.4 is 14.8 Å². The van der Waals surface area contributed by atoms with Crippen LogP contribution in [0.1, 0.15) is 24.1 Å². The second kappa shape index (κ2) is 6.85. The van der Waals surface area contributed by atoms with Crippen molar-refractivity contribution >= 4 is 21.6 Å². The van der Waals surface area contributed by atoms with Crippen LogP contribution in [0.4, 0.5) is 5.69 Å². The number of hydrogen-bond acceptors (Lipinski definition) is 3. The summed E-state index contributed by atoms with van der Waals surface area (Å²) < 4.78 is 11.5. The number of halogens is 1. The van der Waals surface area contributed by atoms with E-state index < -0.39 is 0 Å². The lowest BCUT2D eigenvalue weighted by Crippen LogP contribution is -2.07. The lowest BCUT2D eigenvalue weighted by Gasteiger charge is -2.18. The average Bonchev–Trinajstić information content (AvgIpc) is 2.47. The quantitative estimate of drug-likeness (QED) is 0.828. The van der Waals surface area contributed by atoms with E-state index in [2.05, 4.69) is 46.4 Å². The molecular weight excluding hydrogens is 330 g/mol. The zero-order chi connectivity index (χ0) is 15.4. The molecule has 21 heavy (non-hydrogen) atoms. The monoisotopic (exact) mass is 349 g/mol. The second-order valence-electron chi connectivity index (χ2n) is 4.94. The molecule has 0 saturated heterocycles. The molecule has 0 aliphatic heterocycles. The van der Waals surface area contributed by atoms with Crippen molar-refractivity contribution in [2.75, 3.05) is 19.5 Å². The zero-order valence-electron chi connectivity index (χ0n) is 12.7. The van der Waals surface area contributed by atoms with Crippen LogP contribution in [0.5, 0.6) is 11.5 Å². The van der Waals surface area contributed by atoms with Crippen molar-refractivity contribution in [3.05, 3.63) is 52.0 Å². The van der Waals surface area contributed by atoms with E-state index in [1.165, 1.54) is 5.56 Å². The van der Waals surface area contributed by atoms with Gasteiger partial charge in [-0.1, -0.05) is 6.07 Å². The summed E-state index contributed by atoms with van der Waals surface area (Å²) in [7, 11) is 3.36. The van der Waals surface area contributed by atoms with Gasteiger partial charge in [-0.3, -0.25) is 0 Å². The first-order chi connectivity index (χ1) is 10.0. The zero-order valence-corrected chi connectivity index (χ0v) is 14.3. The first-order valence-electron chi connectivity index (χ1n) is 6.79. The van der Waals surface area contributed by atoms with E-state index in [-0.39, 0.29) is 6.04 Å². The third-order valence-electron chi connectivity index (χ3n) is 3.45. The normalized spacial score (nSPS) is 11.9. The molecule has 1 unspecified atom stereocenters. The highest BCUT2D eigenvalue weighted by Gasteiger charge is 2.09. The molecule has 0 aliphatic carbocycles. The Labute approximate surface area is 134 Å². The summed E-state index contributed by atoms with van der Waals surface area (Å²) >= 11 is 3.52. The van der Waals surface area contributed by atoms with Gasteiger partial charge < -0.3 is 14.8 Å². The number of rotatable bonds is 5. The first kappa shape index (κ1) is 15.7. The van der Waals surface area contributed by atoms with Gasteiger partial charge in [0, 0.05) is 11.7 Å². The van der Waals surface area contributed by atoms with Gasteiger partial charge in [0.05, 0.1) is 18.7 Å². The highest BCUT2D eigenvalue weighted by Crippen LogP contribution is 2.30. The lowest BCUT2D eigenvalue weighted by molar-refractivity contribution is 0.411. The van der Waals surface area contributed by atoms with E-state index in [1.54, 1.807) is 14.2 Å². The fourth-order valence-corrected chi connectivity index (χ4v) is 2.81. The minimum Gasteiger partial charge on any atom is -0.496 e. The Bertz CT molecular complexity index is 628. The molecule has 0 heterocycles. The van der Waals surface area contributed by atoms with Crippen LogP contribution >= 0.6 is 15.9 Å². The van der Waals surface area contributed by atoms with E-state index in [1.807, 2.05) is 25.1 Å². The maximum Gasteiger partial charge on any atom is 0.133 e. The standard InChI is InChI=1S/C17H20BrNO2/c1-11-9-14(6-8-16(11)20-3)19-12(2)13-5-7-17(21-4)15(18)10-13/h5-10,12,19H,1-4H3. The summed E-state index contributed by atoms with van der Waals surface area (Å²) in [5.41, 5.74) is 3.38. The molecule has 0 aliphatic rings. The minimum absolute atomic E-state index is 0.194. The third kappa shape index (κ3) is 3.70. The van der Waals surface area contributed by atoms with Crippen molar-refractivity contribution in [1.82, 2.24) is 0 Å². The number of ether oxygens (including phenoxy) is 2. The van der Waals surface area contributed by atoms with Gasteiger partial charge in [-0.05, 0) is 71.2 Å². The maximum atomic E-state index is 5.28. The van der Waals surface area contributed by atoms with Gasteiger partial charge in [0.25, 0.3) is 0 Å². The van der Waals surface area contributed by atoms with Gasteiger partial charge in [0.15, 0.2) is 0 Å². The Kier molecular flexibility index (Phi) is 5.12. The van der Waals surface area contributed by atoms with Crippen molar-refractivity contribution in [3.63, 3.8) is 0 Å². The number of methoxy groups -OCH3 is 2. The van der Waals surface area contributed by atoms with Crippen molar-refractivity contribution < 1.29 is 9.47 Å². The Hall–Kier alpha value is -1.68. The van der Waals surface area contributed by atoms with Crippen LogP contribution in [0.15, 0.2) is 40.9 Å². The molecule has 0 saturated carbocycles. The molecule has 0 amide bonds. The van der Waals surface area contributed by atoms with Crippen molar-refractivity contribution in [1.29, 1.82) is 0 Å². The van der Waals surface area contributed by atoms with E-state index >= 15 is 0 Å². The number of hydrogen-bond donors (Lipinski definition) is 1. The molecule has 1 atom stereocenters. The molecule has 2 aromatic carbocycles. The van der Waals surface area contributed by atoms with E-state index in [4.69, 9.17) is 9.47 Å². The summed E-state index contributed by atoms with van der Waals surface area (Å²) in [5.74, 6) is 1.74. The number of anilines is 1. The summed E-state index contributed by atoms with van der Waals surface area (Å²) in [6.45, 7) is 4.17. The van der Waals surface area contributed by atoms with Crippen molar-refractivity contribution in [2.45, 2.75) is 19.9 Å². The van der Waals surface area contributed by atoms with Crippen LogP contribution in [0.3, 0.4) is 0 Å². The number of nitrogens with one attached hydrogen (secondary N) is 1. The summed E-state index contributed by atoms with van der Waals surface area (Å²) in [6.07, 6.45) is 0. The SMILES string of the molecule is COc1ccc(NC(C)c2ccc(OC)c(Br)c2)cc1C. The lowest BCUT2D eigenvalue weighted by atomic mass is 10.1. The molecule has 0 spiro atoms. The Morgan fingerprint density at radius 2 is 1.67 bits per heavy atom. The third-order valence-corrected chi connectivity index (χ3v) is 4.07. The van der Waals surface area contributed by atoms with Crippen molar-refractivity contribution in [3.8, 4) is 11.5 Å². The minimum atomic E-state index is 0.194. The van der Waals surface area contributed by atoms with Crippen LogP contribution in [0, 0.1) is 6.92 Å². The van der Waals surface area contributed by atoms with E-state index in [9.17, 15) is 0 Å². The maximum absolute atomic E-state index is 5.28. The molecule has 3 nitrogen and oxygen atoms in total. The molecule has 0 radical (unpaired) electrons. The molecule has 112 valence electrons. The summed E-state index contributed by atoms with van der Waals surface area (Å²) in [5, 5.41) is 3.50. The molecule has 0 aromatic heterocycles. The first-order valence-corrected chi connectivity index (χ1v) is 7.59. The van der Waals surface area contributed by atoms with Crippen LogP contribution in [-0.2, 0) is 0 Å². The van der Waals surface area contributed by atoms with Gasteiger partial charge in [-0.25, -0.2) is 0 Å². The average molecular weight is 350 g/mol. The molecule has 2 aromatic rings. The predicted molar refractivity (Wildman–Crippen MR) is 90.5 cm³/mol. The largest absolute Gasteiger partial charge is 0.496 e. The van der Waals surface area contributed by atoms with Crippen LogP contribution in [0.25, 0.3) is 0 Å². The Morgan fingerprint density at radius 3 is 2.24 bits per heavy atom. The van der Waals surface area contributed by atoms with Crippen LogP contribution in [0.2, 0.25) is 0 Å². The highest BCUT2D eigenvalue weighted by atomic mass is 79.9. The van der Waals surface area contributed by atoms with Gasteiger partial charge >= 0.3 is 0 Å². The van der Waals surface area contributed by atoms with Crippen molar-refractivity contribution in [2.24, 2.45) is 0 Å². The van der Waals surface area contributed by atoms with Gasteiger partial charge in [0.2, 0.25) is 0 Å². The number of benzene rings is 2. The summed E-state index contributed by atoms with van der Waals surface area (Å²) in [6, 6.07) is 12.4. The Balaban J connectivity index is 2.15. The fraction of sp³-hybridized carbons (Fsp3) is 0.294. The molecule has 2 rings (SSSR count). The molecule has 0 bridgehead atoms. The van der Waals surface area contributed by atoms with Crippen LogP contribution in [-0.4, -0.2) is 14.2 Å². The number of aryl methyl sites for hydroxylation is 1.